The predicted molar refractivity (Wildman–Crippen MR) is 92.2 cm³/mol. The fraction of sp³-hybridized carbons (Fsp3) is 0.167. The Labute approximate surface area is 143 Å². The van der Waals surface area contributed by atoms with Gasteiger partial charge in [-0.2, -0.15) is 0 Å². The fourth-order valence-electron chi connectivity index (χ4n) is 2.59. The van der Waals surface area contributed by atoms with Crippen LogP contribution in [0.2, 0.25) is 0 Å². The van der Waals surface area contributed by atoms with E-state index >= 15 is 0 Å². The molecule has 0 spiro atoms. The molecule has 7 nitrogen and oxygen atoms in total. The number of ether oxygens (including phenoxy) is 1. The molecule has 2 heterocycles. The highest BCUT2D eigenvalue weighted by Gasteiger charge is 2.22. The molecule has 0 aliphatic carbocycles. The summed E-state index contributed by atoms with van der Waals surface area (Å²) >= 11 is 0. The summed E-state index contributed by atoms with van der Waals surface area (Å²) < 4.78 is 7.27. The lowest BCUT2D eigenvalue weighted by Gasteiger charge is -2.06. The van der Waals surface area contributed by atoms with Crippen molar-refractivity contribution >= 4 is 22.7 Å². The molecule has 0 saturated carbocycles. The molecule has 0 fully saturated rings. The normalized spacial score (nSPS) is 10.8. The van der Waals surface area contributed by atoms with Gasteiger partial charge in [0.1, 0.15) is 12.4 Å². The number of nitrogens with zero attached hydrogens (tertiary/aromatic N) is 1. The van der Waals surface area contributed by atoms with Gasteiger partial charge < -0.3 is 19.6 Å². The number of benzene rings is 1. The van der Waals surface area contributed by atoms with Gasteiger partial charge in [0.2, 0.25) is 0 Å². The summed E-state index contributed by atoms with van der Waals surface area (Å²) in [6, 6.07) is 11.0. The van der Waals surface area contributed by atoms with E-state index in [0.29, 0.717) is 12.3 Å². The van der Waals surface area contributed by atoms with E-state index in [1.807, 2.05) is 30.3 Å². The molecule has 0 saturated heterocycles. The molecule has 1 amide bonds. The lowest BCUT2D eigenvalue weighted by molar-refractivity contribution is -0.116. The largest absolute Gasteiger partial charge is 0.356 e. The van der Waals surface area contributed by atoms with E-state index in [4.69, 9.17) is 4.74 Å². The third-order valence-corrected chi connectivity index (χ3v) is 3.80. The molecule has 0 radical (unpaired) electrons. The second kappa shape index (κ2) is 7.14. The number of Topliss-reactive ketones (excluding diaryl/α,β-unsaturated/α-hetero) is 1. The zero-order valence-corrected chi connectivity index (χ0v) is 13.6. The standard InChI is InChI=1S/C18H17N3O4/c1-19-18(24)16(23)13-9-21(17-15(13)14(22)7-8-20-17)11-25-10-12-5-3-2-4-6-12/h2-9H,10-11H2,1H3,(H,19,24)(H,20,22). The minimum absolute atomic E-state index is 0.0551. The van der Waals surface area contributed by atoms with Crippen molar-refractivity contribution < 1.29 is 14.3 Å². The van der Waals surface area contributed by atoms with Crippen molar-refractivity contribution in [1.82, 2.24) is 14.9 Å². The van der Waals surface area contributed by atoms with Gasteiger partial charge >= 0.3 is 0 Å². The number of carbonyl (C=O) groups is 2. The quantitative estimate of drug-likeness (QED) is 0.525. The molecular formula is C18H17N3O4. The van der Waals surface area contributed by atoms with Gasteiger partial charge in [-0.15, -0.1) is 0 Å². The average molecular weight is 339 g/mol. The van der Waals surface area contributed by atoms with Gasteiger partial charge in [0.15, 0.2) is 5.43 Å². The van der Waals surface area contributed by atoms with Crippen LogP contribution in [0.4, 0.5) is 0 Å². The molecule has 3 rings (SSSR count). The number of rotatable bonds is 6. The summed E-state index contributed by atoms with van der Waals surface area (Å²) in [7, 11) is 1.37. The molecule has 0 aliphatic heterocycles. The first-order valence-electron chi connectivity index (χ1n) is 7.70. The van der Waals surface area contributed by atoms with Crippen molar-refractivity contribution in [1.29, 1.82) is 0 Å². The number of likely N-dealkylation sites (N-methyl/N-ethyl adjacent to an activating group) is 1. The number of pyridine rings is 1. The Kier molecular flexibility index (Phi) is 4.76. The van der Waals surface area contributed by atoms with Crippen LogP contribution in [-0.2, 0) is 22.9 Å². The first kappa shape index (κ1) is 16.7. The number of carbonyl (C=O) groups excluding carboxylic acids is 2. The third kappa shape index (κ3) is 3.36. The number of hydrogen-bond donors (Lipinski definition) is 2. The minimum Gasteiger partial charge on any atom is -0.356 e. The highest BCUT2D eigenvalue weighted by molar-refractivity contribution is 6.44. The molecule has 128 valence electrons. The number of hydrogen-bond acceptors (Lipinski definition) is 4. The molecule has 25 heavy (non-hydrogen) atoms. The van der Waals surface area contributed by atoms with E-state index in [2.05, 4.69) is 10.3 Å². The van der Waals surface area contributed by atoms with Crippen LogP contribution in [-0.4, -0.2) is 28.3 Å². The lowest BCUT2D eigenvalue weighted by Crippen LogP contribution is -2.27. The molecule has 2 N–H and O–H groups in total. The van der Waals surface area contributed by atoms with Gasteiger partial charge in [0, 0.05) is 25.5 Å². The van der Waals surface area contributed by atoms with Crippen molar-refractivity contribution in [2.45, 2.75) is 13.3 Å². The number of fused-ring (bicyclic) bond motifs is 1. The van der Waals surface area contributed by atoms with Gasteiger partial charge in [0.25, 0.3) is 11.7 Å². The molecule has 3 aromatic rings. The van der Waals surface area contributed by atoms with Crippen LogP contribution in [0.15, 0.2) is 53.6 Å². The maximum atomic E-state index is 12.2. The molecule has 7 heteroatoms. The van der Waals surface area contributed by atoms with E-state index in [1.54, 1.807) is 4.57 Å². The minimum atomic E-state index is -0.771. The van der Waals surface area contributed by atoms with Gasteiger partial charge in [-0.25, -0.2) is 0 Å². The number of H-pyrrole nitrogens is 1. The zero-order chi connectivity index (χ0) is 17.8. The topological polar surface area (TPSA) is 93.2 Å². The highest BCUT2D eigenvalue weighted by atomic mass is 16.5. The third-order valence-electron chi connectivity index (χ3n) is 3.80. The van der Waals surface area contributed by atoms with E-state index in [9.17, 15) is 14.4 Å². The fourth-order valence-corrected chi connectivity index (χ4v) is 2.59. The number of aromatic nitrogens is 2. The summed E-state index contributed by atoms with van der Waals surface area (Å²) in [6.45, 7) is 0.517. The van der Waals surface area contributed by atoms with E-state index < -0.39 is 11.7 Å². The van der Waals surface area contributed by atoms with Gasteiger partial charge in [-0.3, -0.25) is 14.4 Å². The molecule has 0 atom stereocenters. The van der Waals surface area contributed by atoms with Crippen LogP contribution >= 0.6 is 0 Å². The van der Waals surface area contributed by atoms with E-state index in [0.717, 1.165) is 5.56 Å². The summed E-state index contributed by atoms with van der Waals surface area (Å²) in [4.78, 5) is 39.0. The predicted octanol–water partition coefficient (Wildman–Crippen LogP) is 1.43. The molecule has 0 aliphatic rings. The Morgan fingerprint density at radius 3 is 2.68 bits per heavy atom. The first-order chi connectivity index (χ1) is 12.1. The molecular weight excluding hydrogens is 322 g/mol. The summed E-state index contributed by atoms with van der Waals surface area (Å²) in [5, 5.41) is 2.46. The summed E-state index contributed by atoms with van der Waals surface area (Å²) in [6.07, 6.45) is 2.96. The van der Waals surface area contributed by atoms with Gasteiger partial charge in [0.05, 0.1) is 17.6 Å². The van der Waals surface area contributed by atoms with Crippen molar-refractivity contribution in [2.24, 2.45) is 0 Å². The molecule has 0 unspecified atom stereocenters. The van der Waals surface area contributed by atoms with Crippen LogP contribution < -0.4 is 10.7 Å². The van der Waals surface area contributed by atoms with Crippen molar-refractivity contribution in [2.75, 3.05) is 7.05 Å². The Balaban J connectivity index is 1.91. The summed E-state index contributed by atoms with van der Waals surface area (Å²) in [5.74, 6) is -1.53. The average Bonchev–Trinajstić information content (AvgIpc) is 3.01. The molecule has 1 aromatic carbocycles. The zero-order valence-electron chi connectivity index (χ0n) is 13.6. The van der Waals surface area contributed by atoms with Crippen molar-refractivity contribution in [3.63, 3.8) is 0 Å². The van der Waals surface area contributed by atoms with Crippen LogP contribution in [0.3, 0.4) is 0 Å². The first-order valence-corrected chi connectivity index (χ1v) is 7.70. The smallest absolute Gasteiger partial charge is 0.292 e. The van der Waals surface area contributed by atoms with Crippen LogP contribution in [0.1, 0.15) is 15.9 Å². The lowest BCUT2D eigenvalue weighted by atomic mass is 10.1. The Morgan fingerprint density at radius 2 is 1.96 bits per heavy atom. The number of aromatic amines is 1. The summed E-state index contributed by atoms with van der Waals surface area (Å²) in [5.41, 5.74) is 1.17. The number of ketones is 1. The highest BCUT2D eigenvalue weighted by Crippen LogP contribution is 2.17. The van der Waals surface area contributed by atoms with E-state index in [1.165, 1.54) is 25.5 Å². The molecule has 2 aromatic heterocycles. The number of amides is 1. The second-order valence-corrected chi connectivity index (χ2v) is 5.45. The van der Waals surface area contributed by atoms with Gasteiger partial charge in [-0.1, -0.05) is 30.3 Å². The maximum absolute atomic E-state index is 12.2. The Bertz CT molecular complexity index is 973. The maximum Gasteiger partial charge on any atom is 0.292 e. The SMILES string of the molecule is CNC(=O)C(=O)c1cn(COCc2ccccc2)c2[nH]ccc(=O)c12. The van der Waals surface area contributed by atoms with Crippen LogP contribution in [0, 0.1) is 0 Å². The Hall–Kier alpha value is -3.19. The van der Waals surface area contributed by atoms with E-state index in [-0.39, 0.29) is 23.1 Å². The van der Waals surface area contributed by atoms with Crippen molar-refractivity contribution in [3.8, 4) is 0 Å². The van der Waals surface area contributed by atoms with Crippen LogP contribution in [0.5, 0.6) is 0 Å². The Morgan fingerprint density at radius 1 is 1.20 bits per heavy atom. The monoisotopic (exact) mass is 339 g/mol. The molecule has 0 bridgehead atoms. The van der Waals surface area contributed by atoms with Crippen LogP contribution in [0.25, 0.3) is 11.0 Å². The van der Waals surface area contributed by atoms with Crippen molar-refractivity contribution in [3.05, 3.63) is 70.1 Å². The van der Waals surface area contributed by atoms with Gasteiger partial charge in [-0.05, 0) is 5.56 Å². The second-order valence-electron chi connectivity index (χ2n) is 5.45. The number of nitrogens with one attached hydrogen (secondary N) is 2.